The van der Waals surface area contributed by atoms with Crippen LogP contribution in [0.5, 0.6) is 0 Å². The molecule has 122 valence electrons. The van der Waals surface area contributed by atoms with Gasteiger partial charge < -0.3 is 16.2 Å². The number of amides is 1. The van der Waals surface area contributed by atoms with Gasteiger partial charge in [-0.25, -0.2) is 4.98 Å². The van der Waals surface area contributed by atoms with Gasteiger partial charge >= 0.3 is 0 Å². The van der Waals surface area contributed by atoms with Crippen molar-refractivity contribution >= 4 is 11.7 Å². The molecular formula is C18H23N3O2. The van der Waals surface area contributed by atoms with Crippen molar-refractivity contribution in [3.05, 3.63) is 47.7 Å². The molecule has 0 spiro atoms. The van der Waals surface area contributed by atoms with E-state index in [0.717, 1.165) is 16.7 Å². The number of nitrogens with one attached hydrogen (secondary N) is 1. The van der Waals surface area contributed by atoms with E-state index in [1.165, 1.54) is 0 Å². The van der Waals surface area contributed by atoms with Crippen molar-refractivity contribution in [2.45, 2.75) is 32.8 Å². The number of aryl methyl sites for hydroxylation is 1. The molecule has 23 heavy (non-hydrogen) atoms. The van der Waals surface area contributed by atoms with E-state index in [9.17, 15) is 9.90 Å². The van der Waals surface area contributed by atoms with Gasteiger partial charge in [0, 0.05) is 18.3 Å². The molecule has 1 amide bonds. The van der Waals surface area contributed by atoms with E-state index in [0.29, 0.717) is 24.3 Å². The van der Waals surface area contributed by atoms with E-state index in [2.05, 4.69) is 10.3 Å². The van der Waals surface area contributed by atoms with Gasteiger partial charge in [-0.2, -0.15) is 0 Å². The van der Waals surface area contributed by atoms with Crippen LogP contribution in [0.2, 0.25) is 0 Å². The molecule has 1 aromatic heterocycles. The minimum Gasteiger partial charge on any atom is -0.390 e. The number of carbonyl (C=O) groups is 1. The lowest BCUT2D eigenvalue weighted by Gasteiger charge is -2.17. The maximum atomic E-state index is 12.3. The second kappa shape index (κ2) is 6.79. The summed E-state index contributed by atoms with van der Waals surface area (Å²) in [6.45, 7) is 5.85. The average molecular weight is 313 g/mol. The third kappa shape index (κ3) is 4.79. The van der Waals surface area contributed by atoms with Crippen molar-refractivity contribution < 1.29 is 9.90 Å². The Morgan fingerprint density at radius 2 is 2.04 bits per heavy atom. The molecule has 0 atom stereocenters. The predicted molar refractivity (Wildman–Crippen MR) is 92.1 cm³/mol. The third-order valence-electron chi connectivity index (χ3n) is 3.61. The zero-order valence-electron chi connectivity index (χ0n) is 13.8. The summed E-state index contributed by atoms with van der Waals surface area (Å²) in [6.07, 6.45) is 2.15. The Labute approximate surface area is 136 Å². The molecule has 2 rings (SSSR count). The Kier molecular flexibility index (Phi) is 5.01. The molecule has 5 heteroatoms. The van der Waals surface area contributed by atoms with Crippen molar-refractivity contribution in [2.75, 3.05) is 12.3 Å². The monoisotopic (exact) mass is 313 g/mol. The van der Waals surface area contributed by atoms with Crippen molar-refractivity contribution in [2.24, 2.45) is 0 Å². The number of nitrogen functional groups attached to an aromatic ring is 1. The molecule has 0 aliphatic heterocycles. The average Bonchev–Trinajstić information content (AvgIpc) is 2.46. The molecule has 0 saturated carbocycles. The normalized spacial score (nSPS) is 11.3. The molecule has 0 radical (unpaired) electrons. The molecule has 0 aliphatic rings. The molecule has 5 nitrogen and oxygen atoms in total. The van der Waals surface area contributed by atoms with E-state index in [1.807, 2.05) is 25.1 Å². The van der Waals surface area contributed by atoms with Gasteiger partial charge in [-0.15, -0.1) is 0 Å². The van der Waals surface area contributed by atoms with Crippen LogP contribution in [-0.2, 0) is 0 Å². The smallest absolute Gasteiger partial charge is 0.251 e. The molecular weight excluding hydrogens is 290 g/mol. The highest BCUT2D eigenvalue weighted by Crippen LogP contribution is 2.25. The number of nitrogens with zero attached hydrogens (tertiary/aromatic N) is 1. The largest absolute Gasteiger partial charge is 0.390 e. The molecule has 0 fully saturated rings. The fraction of sp³-hybridized carbons (Fsp3) is 0.333. The van der Waals surface area contributed by atoms with Crippen molar-refractivity contribution in [1.82, 2.24) is 10.3 Å². The number of aliphatic hydroxyl groups is 1. The first kappa shape index (κ1) is 17.0. The third-order valence-corrected chi connectivity index (χ3v) is 3.61. The Morgan fingerprint density at radius 3 is 2.70 bits per heavy atom. The minimum absolute atomic E-state index is 0.155. The molecule has 0 unspecified atom stereocenters. The number of benzene rings is 1. The maximum Gasteiger partial charge on any atom is 0.251 e. The van der Waals surface area contributed by atoms with Crippen LogP contribution in [0.1, 0.15) is 36.2 Å². The summed E-state index contributed by atoms with van der Waals surface area (Å²) in [5.74, 6) is 0.291. The zero-order valence-corrected chi connectivity index (χ0v) is 13.8. The van der Waals surface area contributed by atoms with E-state index in [1.54, 1.807) is 32.2 Å². The zero-order chi connectivity index (χ0) is 17.0. The predicted octanol–water partition coefficient (Wildman–Crippen LogP) is 2.53. The van der Waals surface area contributed by atoms with Gasteiger partial charge in [0.2, 0.25) is 0 Å². The molecule has 1 aromatic carbocycles. The second-order valence-electron chi connectivity index (χ2n) is 6.32. The van der Waals surface area contributed by atoms with Crippen LogP contribution in [-0.4, -0.2) is 28.1 Å². The van der Waals surface area contributed by atoms with Gasteiger partial charge in [0.15, 0.2) is 0 Å². The summed E-state index contributed by atoms with van der Waals surface area (Å²) in [7, 11) is 0. The Balaban J connectivity index is 2.18. The maximum absolute atomic E-state index is 12.3. The van der Waals surface area contributed by atoms with Crippen LogP contribution >= 0.6 is 0 Å². The number of pyridine rings is 1. The van der Waals surface area contributed by atoms with E-state index in [4.69, 9.17) is 5.73 Å². The van der Waals surface area contributed by atoms with Gasteiger partial charge in [-0.05, 0) is 68.1 Å². The highest BCUT2D eigenvalue weighted by atomic mass is 16.3. The molecule has 0 bridgehead atoms. The number of aromatic nitrogens is 1. The summed E-state index contributed by atoms with van der Waals surface area (Å²) >= 11 is 0. The van der Waals surface area contributed by atoms with Gasteiger partial charge in [0.25, 0.3) is 5.91 Å². The van der Waals surface area contributed by atoms with Gasteiger partial charge in [-0.1, -0.05) is 6.07 Å². The summed E-state index contributed by atoms with van der Waals surface area (Å²) in [5.41, 5.74) is 8.47. The number of anilines is 1. The van der Waals surface area contributed by atoms with Crippen molar-refractivity contribution in [3.8, 4) is 11.1 Å². The molecule has 2 aromatic rings. The Bertz CT molecular complexity index is 706. The van der Waals surface area contributed by atoms with E-state index < -0.39 is 5.60 Å². The summed E-state index contributed by atoms with van der Waals surface area (Å²) in [4.78, 5) is 16.3. The number of carbonyl (C=O) groups excluding carboxylic acids is 1. The van der Waals surface area contributed by atoms with Crippen molar-refractivity contribution in [3.63, 3.8) is 0 Å². The first-order chi connectivity index (χ1) is 10.8. The van der Waals surface area contributed by atoms with Gasteiger partial charge in [-0.3, -0.25) is 4.79 Å². The van der Waals surface area contributed by atoms with E-state index >= 15 is 0 Å². The minimum atomic E-state index is -0.791. The molecule has 0 saturated heterocycles. The highest BCUT2D eigenvalue weighted by molar-refractivity contribution is 5.95. The lowest BCUT2D eigenvalue weighted by Crippen LogP contribution is -2.30. The summed E-state index contributed by atoms with van der Waals surface area (Å²) < 4.78 is 0. The fourth-order valence-electron chi connectivity index (χ4n) is 2.27. The van der Waals surface area contributed by atoms with Crippen LogP contribution in [0.4, 0.5) is 5.82 Å². The SMILES string of the molecule is Cc1ccc(C(=O)NCCC(C)(C)O)cc1-c1ccnc(N)c1. The van der Waals surface area contributed by atoms with Gasteiger partial charge in [0.05, 0.1) is 5.60 Å². The highest BCUT2D eigenvalue weighted by Gasteiger charge is 2.14. The Hall–Kier alpha value is -2.40. The van der Waals surface area contributed by atoms with Crippen LogP contribution in [0.15, 0.2) is 36.5 Å². The summed E-state index contributed by atoms with van der Waals surface area (Å²) in [5, 5.41) is 12.5. The first-order valence-corrected chi connectivity index (χ1v) is 7.59. The lowest BCUT2D eigenvalue weighted by atomic mass is 9.98. The van der Waals surface area contributed by atoms with Gasteiger partial charge in [0.1, 0.15) is 5.82 Å². The summed E-state index contributed by atoms with van der Waals surface area (Å²) in [6, 6.07) is 9.22. The number of hydrogen-bond acceptors (Lipinski definition) is 4. The number of nitrogens with two attached hydrogens (primary N) is 1. The van der Waals surface area contributed by atoms with Crippen LogP contribution in [0, 0.1) is 6.92 Å². The van der Waals surface area contributed by atoms with Crippen LogP contribution in [0.25, 0.3) is 11.1 Å². The standard InChI is InChI=1S/C18H23N3O2/c1-12-4-5-14(17(22)21-9-7-18(2,3)23)10-15(12)13-6-8-20-16(19)11-13/h4-6,8,10-11,23H,7,9H2,1-3H3,(H2,19,20)(H,21,22). The molecule has 0 aliphatic carbocycles. The quantitative estimate of drug-likeness (QED) is 0.791. The number of hydrogen-bond donors (Lipinski definition) is 3. The molecule has 4 N–H and O–H groups in total. The fourth-order valence-corrected chi connectivity index (χ4v) is 2.27. The molecule has 1 heterocycles. The van der Waals surface area contributed by atoms with Crippen molar-refractivity contribution in [1.29, 1.82) is 0 Å². The lowest BCUT2D eigenvalue weighted by molar-refractivity contribution is 0.0693. The van der Waals surface area contributed by atoms with Crippen LogP contribution in [0.3, 0.4) is 0 Å². The topological polar surface area (TPSA) is 88.2 Å². The second-order valence-corrected chi connectivity index (χ2v) is 6.32. The number of rotatable bonds is 5. The Morgan fingerprint density at radius 1 is 1.30 bits per heavy atom. The van der Waals surface area contributed by atoms with Crippen LogP contribution < -0.4 is 11.1 Å². The first-order valence-electron chi connectivity index (χ1n) is 7.59. The van der Waals surface area contributed by atoms with E-state index in [-0.39, 0.29) is 5.91 Å².